The standard InChI is InChI=1S/C25H17ClN2O4/c1-14-6-8-17-15(13-32-22(17)10-14)11-23(29)27-16-7-9-21(20(26)12-16)28-24(30)18-4-2-3-5-19(18)25(28)31/h2-10,12-13H,11H2,1H3,(H,27,29). The molecule has 1 aromatic heterocycles. The highest BCUT2D eigenvalue weighted by Gasteiger charge is 2.37. The fourth-order valence-corrected chi connectivity index (χ4v) is 4.14. The third kappa shape index (κ3) is 3.35. The lowest BCUT2D eigenvalue weighted by Gasteiger charge is -2.16. The van der Waals surface area contributed by atoms with E-state index in [-0.39, 0.29) is 23.0 Å². The number of imide groups is 1. The zero-order valence-electron chi connectivity index (χ0n) is 17.0. The Morgan fingerprint density at radius 1 is 1.00 bits per heavy atom. The summed E-state index contributed by atoms with van der Waals surface area (Å²) in [5.41, 5.74) is 4.01. The fourth-order valence-electron chi connectivity index (χ4n) is 3.88. The van der Waals surface area contributed by atoms with Crippen LogP contribution >= 0.6 is 11.6 Å². The summed E-state index contributed by atoms with van der Waals surface area (Å²) in [6.07, 6.45) is 1.72. The monoisotopic (exact) mass is 444 g/mol. The molecular weight excluding hydrogens is 428 g/mol. The van der Waals surface area contributed by atoms with Crippen molar-refractivity contribution in [2.24, 2.45) is 0 Å². The minimum absolute atomic E-state index is 0.133. The quantitative estimate of drug-likeness (QED) is 0.429. The molecule has 6 nitrogen and oxygen atoms in total. The summed E-state index contributed by atoms with van der Waals surface area (Å²) in [5, 5.41) is 3.88. The van der Waals surface area contributed by atoms with Crippen molar-refractivity contribution in [3.8, 4) is 0 Å². The highest BCUT2D eigenvalue weighted by atomic mass is 35.5. The van der Waals surface area contributed by atoms with Gasteiger partial charge in [-0.1, -0.05) is 35.9 Å². The summed E-state index contributed by atoms with van der Waals surface area (Å²) in [5.74, 6) is -1.09. The van der Waals surface area contributed by atoms with Gasteiger partial charge in [0.05, 0.1) is 34.5 Å². The number of rotatable bonds is 4. The van der Waals surface area contributed by atoms with Gasteiger partial charge in [-0.25, -0.2) is 4.90 Å². The lowest BCUT2D eigenvalue weighted by atomic mass is 10.1. The van der Waals surface area contributed by atoms with Gasteiger partial charge < -0.3 is 9.73 Å². The molecule has 7 heteroatoms. The Morgan fingerprint density at radius 2 is 1.72 bits per heavy atom. The predicted molar refractivity (Wildman–Crippen MR) is 122 cm³/mol. The average Bonchev–Trinajstić information content (AvgIpc) is 3.27. The first-order chi connectivity index (χ1) is 15.4. The van der Waals surface area contributed by atoms with E-state index in [4.69, 9.17) is 16.0 Å². The van der Waals surface area contributed by atoms with Crippen LogP contribution in [0, 0.1) is 6.92 Å². The van der Waals surface area contributed by atoms with Gasteiger partial charge in [0.15, 0.2) is 0 Å². The Balaban J connectivity index is 1.34. The molecule has 2 heterocycles. The maximum atomic E-state index is 12.7. The Bertz CT molecular complexity index is 1390. The van der Waals surface area contributed by atoms with Crippen LogP contribution < -0.4 is 10.2 Å². The van der Waals surface area contributed by atoms with Crippen LogP contribution in [-0.4, -0.2) is 17.7 Å². The van der Waals surface area contributed by atoms with Gasteiger partial charge in [-0.05, 0) is 48.9 Å². The lowest BCUT2D eigenvalue weighted by molar-refractivity contribution is -0.115. The molecule has 1 aliphatic rings. The van der Waals surface area contributed by atoms with Crippen LogP contribution in [0.15, 0.2) is 71.3 Å². The van der Waals surface area contributed by atoms with Crippen molar-refractivity contribution in [3.05, 3.63) is 94.2 Å². The van der Waals surface area contributed by atoms with E-state index in [0.717, 1.165) is 27.0 Å². The van der Waals surface area contributed by atoms with Gasteiger partial charge in [-0.15, -0.1) is 0 Å². The van der Waals surface area contributed by atoms with Gasteiger partial charge >= 0.3 is 0 Å². The van der Waals surface area contributed by atoms with E-state index in [0.29, 0.717) is 16.8 Å². The maximum Gasteiger partial charge on any atom is 0.266 e. The minimum Gasteiger partial charge on any atom is -0.464 e. The van der Waals surface area contributed by atoms with E-state index >= 15 is 0 Å². The molecule has 0 radical (unpaired) electrons. The molecule has 0 aliphatic carbocycles. The molecule has 5 rings (SSSR count). The van der Waals surface area contributed by atoms with E-state index in [2.05, 4.69) is 5.32 Å². The molecule has 0 saturated heterocycles. The van der Waals surface area contributed by atoms with Crippen molar-refractivity contribution in [2.45, 2.75) is 13.3 Å². The first kappa shape index (κ1) is 20.0. The van der Waals surface area contributed by atoms with Crippen LogP contribution in [0.4, 0.5) is 11.4 Å². The second kappa shape index (κ2) is 7.66. The van der Waals surface area contributed by atoms with Gasteiger partial charge in [0.1, 0.15) is 5.58 Å². The van der Waals surface area contributed by atoms with Crippen molar-refractivity contribution >= 4 is 51.7 Å². The number of fused-ring (bicyclic) bond motifs is 2. The number of halogens is 1. The number of carbonyl (C=O) groups is 3. The smallest absolute Gasteiger partial charge is 0.266 e. The van der Waals surface area contributed by atoms with E-state index < -0.39 is 11.8 Å². The van der Waals surface area contributed by atoms with E-state index in [1.807, 2.05) is 25.1 Å². The molecule has 0 atom stereocenters. The molecule has 1 N–H and O–H groups in total. The summed E-state index contributed by atoms with van der Waals surface area (Å²) in [6.45, 7) is 1.98. The summed E-state index contributed by atoms with van der Waals surface area (Å²) in [4.78, 5) is 39.0. The van der Waals surface area contributed by atoms with Crippen molar-refractivity contribution in [1.29, 1.82) is 0 Å². The highest BCUT2D eigenvalue weighted by molar-refractivity contribution is 6.40. The van der Waals surface area contributed by atoms with Crippen LogP contribution in [0.1, 0.15) is 31.8 Å². The van der Waals surface area contributed by atoms with Crippen molar-refractivity contribution in [3.63, 3.8) is 0 Å². The van der Waals surface area contributed by atoms with E-state index in [1.54, 1.807) is 42.7 Å². The molecule has 4 aromatic rings. The lowest BCUT2D eigenvalue weighted by Crippen LogP contribution is -2.29. The number of furan rings is 1. The normalized spacial score (nSPS) is 13.0. The highest BCUT2D eigenvalue weighted by Crippen LogP contribution is 2.35. The Morgan fingerprint density at radius 3 is 2.41 bits per heavy atom. The molecule has 0 saturated carbocycles. The number of nitrogens with one attached hydrogen (secondary N) is 1. The summed E-state index contributed by atoms with van der Waals surface area (Å²) in [7, 11) is 0. The van der Waals surface area contributed by atoms with Gasteiger partial charge in [0, 0.05) is 16.6 Å². The van der Waals surface area contributed by atoms with E-state index in [1.165, 1.54) is 6.07 Å². The Hall–Kier alpha value is -3.90. The first-order valence-corrected chi connectivity index (χ1v) is 10.3. The number of benzene rings is 3. The molecular formula is C25H17ClN2O4. The largest absolute Gasteiger partial charge is 0.464 e. The van der Waals surface area contributed by atoms with Gasteiger partial charge in [-0.3, -0.25) is 14.4 Å². The third-order valence-electron chi connectivity index (χ3n) is 5.43. The predicted octanol–water partition coefficient (Wildman–Crippen LogP) is 5.38. The molecule has 0 unspecified atom stereocenters. The molecule has 0 fully saturated rings. The van der Waals surface area contributed by atoms with Crippen molar-refractivity contribution in [1.82, 2.24) is 0 Å². The number of carbonyl (C=O) groups excluding carboxylic acids is 3. The Labute approximate surface area is 188 Å². The second-order valence-corrected chi connectivity index (χ2v) is 8.05. The van der Waals surface area contributed by atoms with Crippen LogP contribution in [0.25, 0.3) is 11.0 Å². The third-order valence-corrected chi connectivity index (χ3v) is 5.73. The molecule has 0 bridgehead atoms. The molecule has 158 valence electrons. The first-order valence-electron chi connectivity index (χ1n) is 9.96. The van der Waals surface area contributed by atoms with Crippen LogP contribution in [0.3, 0.4) is 0 Å². The van der Waals surface area contributed by atoms with Gasteiger partial charge in [0.25, 0.3) is 11.8 Å². The van der Waals surface area contributed by atoms with E-state index in [9.17, 15) is 14.4 Å². The Kier molecular flexibility index (Phi) is 4.79. The maximum absolute atomic E-state index is 12.7. The fraction of sp³-hybridized carbons (Fsp3) is 0.0800. The van der Waals surface area contributed by atoms with Crippen LogP contribution in [0.2, 0.25) is 5.02 Å². The molecule has 32 heavy (non-hydrogen) atoms. The molecule has 0 spiro atoms. The molecule has 3 amide bonds. The SMILES string of the molecule is Cc1ccc2c(CC(=O)Nc3ccc(N4C(=O)c5ccccc5C4=O)c(Cl)c3)coc2c1. The number of anilines is 2. The average molecular weight is 445 g/mol. The zero-order chi connectivity index (χ0) is 22.4. The van der Waals surface area contributed by atoms with Crippen LogP contribution in [-0.2, 0) is 11.2 Å². The van der Waals surface area contributed by atoms with Crippen LogP contribution in [0.5, 0.6) is 0 Å². The summed E-state index contributed by atoms with van der Waals surface area (Å²) < 4.78 is 5.55. The zero-order valence-corrected chi connectivity index (χ0v) is 17.8. The molecule has 3 aromatic carbocycles. The van der Waals surface area contributed by atoms with Crippen molar-refractivity contribution < 1.29 is 18.8 Å². The van der Waals surface area contributed by atoms with Gasteiger partial charge in [0.2, 0.25) is 5.91 Å². The number of hydrogen-bond acceptors (Lipinski definition) is 4. The number of nitrogens with zero attached hydrogens (tertiary/aromatic N) is 1. The summed E-state index contributed by atoms with van der Waals surface area (Å²) in [6, 6.07) is 17.1. The number of aryl methyl sites for hydroxylation is 1. The van der Waals surface area contributed by atoms with Crippen molar-refractivity contribution in [2.75, 3.05) is 10.2 Å². The second-order valence-electron chi connectivity index (χ2n) is 7.64. The number of amides is 3. The van der Waals surface area contributed by atoms with Gasteiger partial charge in [-0.2, -0.15) is 0 Å². The topological polar surface area (TPSA) is 79.6 Å². The summed E-state index contributed by atoms with van der Waals surface area (Å²) >= 11 is 6.39. The number of hydrogen-bond donors (Lipinski definition) is 1. The molecule has 1 aliphatic heterocycles. The minimum atomic E-state index is -0.425.